The van der Waals surface area contributed by atoms with Crippen LogP contribution in [0.2, 0.25) is 0 Å². The van der Waals surface area contributed by atoms with E-state index in [1.54, 1.807) is 6.21 Å². The lowest BCUT2D eigenvalue weighted by atomic mass is 10.0. The summed E-state index contributed by atoms with van der Waals surface area (Å²) >= 11 is 3.49. The molecular formula is C30H43BrN2O2. The molecule has 1 amide bonds. The first-order valence-corrected chi connectivity index (χ1v) is 14.3. The highest BCUT2D eigenvalue weighted by Gasteiger charge is 2.05. The van der Waals surface area contributed by atoms with Gasteiger partial charge in [-0.1, -0.05) is 130 Å². The van der Waals surface area contributed by atoms with Crippen molar-refractivity contribution in [2.24, 2.45) is 5.10 Å². The van der Waals surface area contributed by atoms with Crippen molar-refractivity contribution in [3.05, 3.63) is 64.1 Å². The zero-order valence-corrected chi connectivity index (χ0v) is 23.0. The molecule has 0 unspecified atom stereocenters. The van der Waals surface area contributed by atoms with Crippen molar-refractivity contribution in [2.75, 3.05) is 0 Å². The Labute approximate surface area is 221 Å². The third-order valence-corrected chi connectivity index (χ3v) is 6.60. The molecule has 0 aliphatic heterocycles. The maximum Gasteiger partial charge on any atom is 0.240 e. The second-order valence-electron chi connectivity index (χ2n) is 9.24. The van der Waals surface area contributed by atoms with Crippen LogP contribution in [0.15, 0.2) is 58.1 Å². The van der Waals surface area contributed by atoms with E-state index in [0.717, 1.165) is 34.2 Å². The molecule has 0 fully saturated rings. The monoisotopic (exact) mass is 542 g/mol. The Morgan fingerprint density at radius 3 is 2.09 bits per heavy atom. The Kier molecular flexibility index (Phi) is 15.9. The highest BCUT2D eigenvalue weighted by Crippen LogP contribution is 2.23. The highest BCUT2D eigenvalue weighted by atomic mass is 79.9. The van der Waals surface area contributed by atoms with Gasteiger partial charge in [0.1, 0.15) is 12.4 Å². The Morgan fingerprint density at radius 2 is 1.46 bits per heavy atom. The number of rotatable bonds is 19. The minimum Gasteiger partial charge on any atom is -0.488 e. The first-order valence-electron chi connectivity index (χ1n) is 13.5. The van der Waals surface area contributed by atoms with Gasteiger partial charge in [0.05, 0.1) is 6.21 Å². The van der Waals surface area contributed by atoms with E-state index < -0.39 is 0 Å². The lowest BCUT2D eigenvalue weighted by molar-refractivity contribution is -0.121. The van der Waals surface area contributed by atoms with E-state index >= 15 is 0 Å². The number of nitrogens with zero attached hydrogens (tertiary/aromatic N) is 1. The zero-order chi connectivity index (χ0) is 25.0. The van der Waals surface area contributed by atoms with E-state index in [1.807, 2.05) is 48.5 Å². The van der Waals surface area contributed by atoms with Crippen LogP contribution >= 0.6 is 15.9 Å². The molecule has 0 spiro atoms. The van der Waals surface area contributed by atoms with Crippen LogP contribution in [-0.4, -0.2) is 12.1 Å². The molecule has 5 heteroatoms. The topological polar surface area (TPSA) is 50.7 Å². The summed E-state index contributed by atoms with van der Waals surface area (Å²) in [7, 11) is 0. The normalized spacial score (nSPS) is 11.1. The van der Waals surface area contributed by atoms with Crippen LogP contribution in [0.4, 0.5) is 0 Å². The summed E-state index contributed by atoms with van der Waals surface area (Å²) in [5.41, 5.74) is 4.57. The summed E-state index contributed by atoms with van der Waals surface area (Å²) in [6, 6.07) is 15.8. The number of halogens is 1. The van der Waals surface area contributed by atoms with Crippen LogP contribution in [0.1, 0.15) is 108 Å². The Hall–Kier alpha value is -2.14. The predicted molar refractivity (Wildman–Crippen MR) is 151 cm³/mol. The Balaban J connectivity index is 1.55. The minimum atomic E-state index is -0.0360. The number of hydrogen-bond donors (Lipinski definition) is 1. The number of nitrogens with one attached hydrogen (secondary N) is 1. The summed E-state index contributed by atoms with van der Waals surface area (Å²) in [4.78, 5) is 12.1. The van der Waals surface area contributed by atoms with Crippen molar-refractivity contribution in [1.29, 1.82) is 0 Å². The van der Waals surface area contributed by atoms with Gasteiger partial charge in [0.15, 0.2) is 0 Å². The molecule has 0 saturated heterocycles. The van der Waals surface area contributed by atoms with Crippen LogP contribution in [0, 0.1) is 0 Å². The van der Waals surface area contributed by atoms with Crippen LogP contribution in [-0.2, 0) is 11.4 Å². The van der Waals surface area contributed by atoms with Gasteiger partial charge in [-0.15, -0.1) is 0 Å². The van der Waals surface area contributed by atoms with E-state index in [-0.39, 0.29) is 5.91 Å². The summed E-state index contributed by atoms with van der Waals surface area (Å²) < 4.78 is 6.90. The van der Waals surface area contributed by atoms with E-state index in [1.165, 1.54) is 70.6 Å². The van der Waals surface area contributed by atoms with Gasteiger partial charge in [-0.05, 0) is 30.2 Å². The predicted octanol–water partition coefficient (Wildman–Crippen LogP) is 8.96. The molecule has 0 radical (unpaired) electrons. The molecule has 2 rings (SSSR count). The number of ether oxygens (including phenoxy) is 1. The van der Waals surface area contributed by atoms with Gasteiger partial charge >= 0.3 is 0 Å². The average molecular weight is 544 g/mol. The Bertz CT molecular complexity index is 855. The maximum absolute atomic E-state index is 12.1. The summed E-state index contributed by atoms with van der Waals surface area (Å²) in [5.74, 6) is 0.692. The molecule has 0 aliphatic rings. The number of benzene rings is 2. The van der Waals surface area contributed by atoms with Gasteiger partial charge in [-0.25, -0.2) is 5.43 Å². The van der Waals surface area contributed by atoms with Gasteiger partial charge in [0, 0.05) is 16.5 Å². The van der Waals surface area contributed by atoms with Gasteiger partial charge in [-0.2, -0.15) is 5.10 Å². The van der Waals surface area contributed by atoms with Crippen LogP contribution in [0.3, 0.4) is 0 Å². The molecule has 0 saturated carbocycles. The third-order valence-electron chi connectivity index (χ3n) is 6.11. The molecule has 35 heavy (non-hydrogen) atoms. The van der Waals surface area contributed by atoms with Crippen molar-refractivity contribution in [3.63, 3.8) is 0 Å². The average Bonchev–Trinajstić information content (AvgIpc) is 2.87. The number of hydrogen-bond acceptors (Lipinski definition) is 3. The molecule has 192 valence electrons. The largest absolute Gasteiger partial charge is 0.488 e. The van der Waals surface area contributed by atoms with E-state index in [9.17, 15) is 4.79 Å². The fraction of sp³-hybridized carbons (Fsp3) is 0.533. The molecule has 0 aromatic heterocycles. The molecular weight excluding hydrogens is 500 g/mol. The number of hydrazone groups is 1. The SMILES string of the molecule is CCCCCCCCCCCCCCCC(=O)N/N=C/c1cc(Br)ccc1OCc1ccccc1. The summed E-state index contributed by atoms with van der Waals surface area (Å²) in [6.45, 7) is 2.75. The van der Waals surface area contributed by atoms with Crippen molar-refractivity contribution in [1.82, 2.24) is 5.43 Å². The third kappa shape index (κ3) is 14.1. The maximum atomic E-state index is 12.1. The quantitative estimate of drug-likeness (QED) is 0.109. The lowest BCUT2D eigenvalue weighted by Crippen LogP contribution is -2.17. The van der Waals surface area contributed by atoms with Gasteiger partial charge < -0.3 is 4.74 Å². The molecule has 0 heterocycles. The number of carbonyl (C=O) groups is 1. The number of carbonyl (C=O) groups excluding carboxylic acids is 1. The van der Waals surface area contributed by atoms with Crippen molar-refractivity contribution in [3.8, 4) is 5.75 Å². The van der Waals surface area contributed by atoms with Crippen molar-refractivity contribution >= 4 is 28.1 Å². The van der Waals surface area contributed by atoms with Crippen LogP contribution in [0.25, 0.3) is 0 Å². The molecule has 2 aromatic rings. The van der Waals surface area contributed by atoms with Gasteiger partial charge in [0.2, 0.25) is 5.91 Å². The lowest BCUT2D eigenvalue weighted by Gasteiger charge is -2.09. The molecule has 1 N–H and O–H groups in total. The highest BCUT2D eigenvalue weighted by molar-refractivity contribution is 9.10. The Morgan fingerprint density at radius 1 is 0.857 bits per heavy atom. The zero-order valence-electron chi connectivity index (χ0n) is 21.4. The van der Waals surface area contributed by atoms with Gasteiger partial charge in [-0.3, -0.25) is 4.79 Å². The first kappa shape index (κ1) is 29.1. The molecule has 0 atom stereocenters. The molecule has 0 aliphatic carbocycles. The van der Waals surface area contributed by atoms with Crippen molar-refractivity contribution in [2.45, 2.75) is 103 Å². The number of amides is 1. The summed E-state index contributed by atoms with van der Waals surface area (Å²) in [5, 5.41) is 4.15. The minimum absolute atomic E-state index is 0.0360. The van der Waals surface area contributed by atoms with Crippen molar-refractivity contribution < 1.29 is 9.53 Å². The summed E-state index contributed by atoms with van der Waals surface area (Å²) in [6.07, 6.45) is 19.1. The standard InChI is InChI=1S/C30H43BrN2O2/c1-2-3-4-5-6-7-8-9-10-11-12-13-17-20-30(34)33-32-24-27-23-28(31)21-22-29(27)35-25-26-18-15-14-16-19-26/h14-16,18-19,21-24H,2-13,17,20,25H2,1H3,(H,33,34)/b32-24+. The second-order valence-corrected chi connectivity index (χ2v) is 10.2. The van der Waals surface area contributed by atoms with Crippen LogP contribution in [0.5, 0.6) is 5.75 Å². The fourth-order valence-corrected chi connectivity index (χ4v) is 4.40. The van der Waals surface area contributed by atoms with Gasteiger partial charge in [0.25, 0.3) is 0 Å². The second kappa shape index (κ2) is 19.1. The molecule has 2 aromatic carbocycles. The first-order chi connectivity index (χ1) is 17.2. The van der Waals surface area contributed by atoms with E-state index in [0.29, 0.717) is 13.0 Å². The van der Waals surface area contributed by atoms with E-state index in [4.69, 9.17) is 4.74 Å². The smallest absolute Gasteiger partial charge is 0.240 e. The number of unbranched alkanes of at least 4 members (excludes halogenated alkanes) is 12. The molecule has 4 nitrogen and oxygen atoms in total. The molecule has 0 bridgehead atoms. The van der Waals surface area contributed by atoms with Crippen LogP contribution < -0.4 is 10.2 Å². The fourth-order valence-electron chi connectivity index (χ4n) is 4.02. The van der Waals surface area contributed by atoms with E-state index in [2.05, 4.69) is 33.4 Å².